The minimum absolute atomic E-state index is 0.147. The molecule has 24 heavy (non-hydrogen) atoms. The van der Waals surface area contributed by atoms with Crippen molar-refractivity contribution >= 4 is 28.4 Å². The van der Waals surface area contributed by atoms with Gasteiger partial charge >= 0.3 is 0 Å². The molecule has 126 valence electrons. The molecule has 1 N–H and O–H groups in total. The Morgan fingerprint density at radius 2 is 1.75 bits per heavy atom. The lowest BCUT2D eigenvalue weighted by atomic mass is 9.50. The molecular weight excluding hydrogens is 338 g/mol. The van der Waals surface area contributed by atoms with Crippen molar-refractivity contribution in [2.75, 3.05) is 0 Å². The van der Waals surface area contributed by atoms with Gasteiger partial charge in [0, 0.05) is 16.0 Å². The van der Waals surface area contributed by atoms with Crippen molar-refractivity contribution in [1.82, 2.24) is 0 Å². The molecule has 1 aromatic rings. The molecule has 1 aliphatic heterocycles. The van der Waals surface area contributed by atoms with E-state index in [4.69, 9.17) is 16.6 Å². The zero-order valence-electron chi connectivity index (χ0n) is 13.7. The van der Waals surface area contributed by atoms with E-state index >= 15 is 0 Å². The minimum Gasteiger partial charge on any atom is -0.365 e. The van der Waals surface area contributed by atoms with Crippen LogP contribution >= 0.6 is 23.4 Å². The summed E-state index contributed by atoms with van der Waals surface area (Å²) in [5.74, 6) is 2.75. The van der Waals surface area contributed by atoms with Gasteiger partial charge in [0.15, 0.2) is 5.72 Å². The van der Waals surface area contributed by atoms with Gasteiger partial charge in [0.25, 0.3) is 0 Å². The lowest BCUT2D eigenvalue weighted by Gasteiger charge is -2.56. The van der Waals surface area contributed by atoms with Crippen molar-refractivity contribution < 1.29 is 5.11 Å². The molecule has 2 unspecified atom stereocenters. The monoisotopic (exact) mass is 359 g/mol. The number of rotatable bonds is 1. The smallest absolute Gasteiger partial charge is 0.196 e. The zero-order chi connectivity index (χ0) is 16.1. The summed E-state index contributed by atoms with van der Waals surface area (Å²) in [5, 5.41) is 13.6. The lowest BCUT2D eigenvalue weighted by molar-refractivity contribution is -0.0122. The molecule has 0 saturated heterocycles. The quantitative estimate of drug-likeness (QED) is 0.783. The van der Waals surface area contributed by atoms with Crippen LogP contribution in [0.4, 0.5) is 0 Å². The van der Waals surface area contributed by atoms with Gasteiger partial charge in [-0.3, -0.25) is 0 Å². The first kappa shape index (κ1) is 14.6. The molecule has 0 spiro atoms. The summed E-state index contributed by atoms with van der Waals surface area (Å²) >= 11 is 8.03. The Morgan fingerprint density at radius 3 is 2.42 bits per heavy atom. The van der Waals surface area contributed by atoms with Gasteiger partial charge in [0.05, 0.1) is 10.3 Å². The van der Waals surface area contributed by atoms with Gasteiger partial charge in [-0.2, -0.15) is 0 Å². The Morgan fingerprint density at radius 1 is 1.08 bits per heavy atom. The first-order valence-electron chi connectivity index (χ1n) is 9.32. The zero-order valence-corrected chi connectivity index (χ0v) is 15.2. The maximum absolute atomic E-state index is 11.4. The van der Waals surface area contributed by atoms with E-state index in [0.717, 1.165) is 34.8 Å². The number of nitrogens with zero attached hydrogens (tertiary/aromatic N) is 1. The maximum Gasteiger partial charge on any atom is 0.196 e. The summed E-state index contributed by atoms with van der Waals surface area (Å²) in [5.41, 5.74) is 1.45. The highest BCUT2D eigenvalue weighted by Crippen LogP contribution is 2.64. The first-order chi connectivity index (χ1) is 11.5. The molecule has 1 heterocycles. The molecule has 0 amide bonds. The highest BCUT2D eigenvalue weighted by Gasteiger charge is 2.59. The lowest BCUT2D eigenvalue weighted by Crippen LogP contribution is -2.49. The highest BCUT2D eigenvalue weighted by molar-refractivity contribution is 8.14. The molecule has 2 nitrogen and oxygen atoms in total. The van der Waals surface area contributed by atoms with Gasteiger partial charge in [-0.15, -0.1) is 11.8 Å². The van der Waals surface area contributed by atoms with Crippen molar-refractivity contribution in [3.63, 3.8) is 0 Å². The van der Waals surface area contributed by atoms with E-state index in [1.807, 2.05) is 30.0 Å². The topological polar surface area (TPSA) is 32.6 Å². The third-order valence-corrected chi connectivity index (χ3v) is 9.10. The number of aliphatic hydroxyl groups is 1. The van der Waals surface area contributed by atoms with Crippen molar-refractivity contribution in [3.8, 4) is 0 Å². The maximum atomic E-state index is 11.4. The number of hydrogen-bond acceptors (Lipinski definition) is 3. The molecule has 2 atom stereocenters. The largest absolute Gasteiger partial charge is 0.365 e. The van der Waals surface area contributed by atoms with Crippen LogP contribution < -0.4 is 0 Å². The number of fused-ring (bicyclic) bond motifs is 3. The Bertz CT molecular complexity index is 740. The van der Waals surface area contributed by atoms with Crippen LogP contribution in [0.15, 0.2) is 23.2 Å². The summed E-state index contributed by atoms with van der Waals surface area (Å²) < 4.78 is 0. The average Bonchev–Trinajstić information content (AvgIpc) is 2.96. The summed E-state index contributed by atoms with van der Waals surface area (Å²) in [6.45, 7) is 0. The molecule has 4 heteroatoms. The van der Waals surface area contributed by atoms with Crippen molar-refractivity contribution in [3.05, 3.63) is 34.3 Å². The van der Waals surface area contributed by atoms with E-state index in [9.17, 15) is 5.11 Å². The third-order valence-electron chi connectivity index (χ3n) is 7.34. The van der Waals surface area contributed by atoms with E-state index in [1.165, 1.54) is 49.1 Å². The van der Waals surface area contributed by atoms with Crippen LogP contribution in [0.1, 0.15) is 49.7 Å². The van der Waals surface area contributed by atoms with Crippen LogP contribution in [0.25, 0.3) is 0 Å². The van der Waals surface area contributed by atoms with E-state index in [2.05, 4.69) is 0 Å². The van der Waals surface area contributed by atoms with Crippen LogP contribution in [-0.4, -0.2) is 15.4 Å². The van der Waals surface area contributed by atoms with Gasteiger partial charge in [0.2, 0.25) is 0 Å². The number of aliphatic imine (C=N–C) groups is 1. The molecule has 4 saturated carbocycles. The Kier molecular flexibility index (Phi) is 2.81. The van der Waals surface area contributed by atoms with Crippen molar-refractivity contribution in [2.45, 2.75) is 55.9 Å². The predicted molar refractivity (Wildman–Crippen MR) is 98.5 cm³/mol. The number of thioether (sulfide) groups is 1. The summed E-state index contributed by atoms with van der Waals surface area (Å²) in [6.07, 6.45) is 9.20. The Hall–Kier alpha value is -0.510. The van der Waals surface area contributed by atoms with Crippen LogP contribution in [0.5, 0.6) is 0 Å². The molecule has 5 aliphatic carbocycles. The van der Waals surface area contributed by atoms with E-state index in [1.54, 1.807) is 0 Å². The van der Waals surface area contributed by atoms with Crippen LogP contribution in [0.3, 0.4) is 0 Å². The fourth-order valence-electron chi connectivity index (χ4n) is 6.79. The van der Waals surface area contributed by atoms with Crippen LogP contribution in [0, 0.1) is 23.2 Å². The summed E-state index contributed by atoms with van der Waals surface area (Å²) in [7, 11) is 0. The summed E-state index contributed by atoms with van der Waals surface area (Å²) in [4.78, 5) is 5.04. The second-order valence-electron chi connectivity index (χ2n) is 8.95. The predicted octanol–water partition coefficient (Wildman–Crippen LogP) is 4.77. The van der Waals surface area contributed by atoms with Gasteiger partial charge in [-0.25, -0.2) is 4.99 Å². The minimum atomic E-state index is -1.01. The second-order valence-corrected chi connectivity index (χ2v) is 10.6. The number of hydrogen-bond donors (Lipinski definition) is 1. The van der Waals surface area contributed by atoms with Gasteiger partial charge in [-0.1, -0.05) is 17.7 Å². The Labute approximate surface area is 152 Å². The fraction of sp³-hybridized carbons (Fsp3) is 0.650. The van der Waals surface area contributed by atoms with Gasteiger partial charge in [-0.05, 0) is 80.4 Å². The normalized spacial score (nSPS) is 47.7. The number of benzene rings is 1. The Balaban J connectivity index is 1.42. The van der Waals surface area contributed by atoms with Gasteiger partial charge in [0.1, 0.15) is 0 Å². The summed E-state index contributed by atoms with van der Waals surface area (Å²) in [6, 6.07) is 5.89. The SMILES string of the molecule is OC12N=C(C34CC5CC(CC(C5)C3)C4)SC1Cc1cc(Cl)ccc12. The van der Waals surface area contributed by atoms with Gasteiger partial charge < -0.3 is 5.11 Å². The highest BCUT2D eigenvalue weighted by atomic mass is 35.5. The van der Waals surface area contributed by atoms with E-state index in [0.29, 0.717) is 5.41 Å². The van der Waals surface area contributed by atoms with E-state index in [-0.39, 0.29) is 5.25 Å². The van der Waals surface area contributed by atoms with E-state index < -0.39 is 5.72 Å². The molecule has 7 rings (SSSR count). The molecule has 0 radical (unpaired) electrons. The van der Waals surface area contributed by atoms with Crippen LogP contribution in [0.2, 0.25) is 5.02 Å². The first-order valence-corrected chi connectivity index (χ1v) is 10.6. The molecule has 1 aromatic carbocycles. The molecule has 4 fully saturated rings. The average molecular weight is 360 g/mol. The molecule has 4 bridgehead atoms. The molecule has 0 aromatic heterocycles. The van der Waals surface area contributed by atoms with Crippen molar-refractivity contribution in [2.24, 2.45) is 28.2 Å². The number of halogens is 1. The second kappa shape index (κ2) is 4.61. The molecule has 6 aliphatic rings. The standard InChI is InChI=1S/C20H22ClNOS/c21-15-1-2-16-14(6-15)7-17-20(16,23)22-18(24-17)19-8-11-3-12(9-19)5-13(4-11)10-19/h1-2,6,11-13,17,23H,3-5,7-10H2. The van der Waals surface area contributed by atoms with Crippen LogP contribution in [-0.2, 0) is 12.1 Å². The fourth-order valence-corrected chi connectivity index (χ4v) is 8.56. The third kappa shape index (κ3) is 1.82. The van der Waals surface area contributed by atoms with Crippen molar-refractivity contribution in [1.29, 1.82) is 0 Å². The molecular formula is C20H22ClNOS.